The van der Waals surface area contributed by atoms with Gasteiger partial charge in [0.05, 0.1) is 27.2 Å². The third kappa shape index (κ3) is 3.41. The maximum atomic E-state index is 12.4. The quantitative estimate of drug-likeness (QED) is 0.774. The van der Waals surface area contributed by atoms with Gasteiger partial charge in [-0.05, 0) is 35.0 Å². The van der Waals surface area contributed by atoms with Crippen molar-refractivity contribution in [3.63, 3.8) is 0 Å². The van der Waals surface area contributed by atoms with Crippen LogP contribution in [0.15, 0.2) is 33.6 Å². The SMILES string of the molecule is Cc1nn(C)c(CC(=O)c2cccc(S(C)(=O)=O)c2)c1Br. The van der Waals surface area contributed by atoms with Gasteiger partial charge in [-0.3, -0.25) is 9.48 Å². The van der Waals surface area contributed by atoms with E-state index in [4.69, 9.17) is 0 Å². The third-order valence-electron chi connectivity index (χ3n) is 3.17. The van der Waals surface area contributed by atoms with Crippen LogP contribution in [0.4, 0.5) is 0 Å². The number of hydrogen-bond donors (Lipinski definition) is 0. The second-order valence-electron chi connectivity index (χ2n) is 4.87. The van der Waals surface area contributed by atoms with Crippen LogP contribution in [0.1, 0.15) is 21.7 Å². The van der Waals surface area contributed by atoms with Gasteiger partial charge in [-0.25, -0.2) is 8.42 Å². The topological polar surface area (TPSA) is 69.0 Å². The first-order valence-electron chi connectivity index (χ1n) is 6.21. The van der Waals surface area contributed by atoms with Crippen molar-refractivity contribution in [2.45, 2.75) is 18.2 Å². The molecule has 0 atom stereocenters. The average Bonchev–Trinajstić information content (AvgIpc) is 2.64. The van der Waals surface area contributed by atoms with Crippen LogP contribution in [0.5, 0.6) is 0 Å². The molecule has 0 bridgehead atoms. The van der Waals surface area contributed by atoms with Crippen molar-refractivity contribution in [2.75, 3.05) is 6.26 Å². The fourth-order valence-electron chi connectivity index (χ4n) is 2.03. The van der Waals surface area contributed by atoms with Gasteiger partial charge in [0.25, 0.3) is 0 Å². The molecular weight excluding hydrogens is 356 g/mol. The van der Waals surface area contributed by atoms with E-state index < -0.39 is 9.84 Å². The fraction of sp³-hybridized carbons (Fsp3) is 0.286. The first kappa shape index (κ1) is 15.9. The molecule has 7 heteroatoms. The minimum Gasteiger partial charge on any atom is -0.294 e. The fourth-order valence-corrected chi connectivity index (χ4v) is 3.17. The van der Waals surface area contributed by atoms with Crippen LogP contribution in [0, 0.1) is 6.92 Å². The Morgan fingerprint density at radius 3 is 2.57 bits per heavy atom. The van der Waals surface area contributed by atoms with Crippen molar-refractivity contribution >= 4 is 31.6 Å². The molecule has 0 N–H and O–H groups in total. The maximum absolute atomic E-state index is 12.4. The summed E-state index contributed by atoms with van der Waals surface area (Å²) in [7, 11) is -1.55. The van der Waals surface area contributed by atoms with Crippen LogP contribution in [-0.2, 0) is 23.3 Å². The Bertz CT molecular complexity index is 810. The van der Waals surface area contributed by atoms with Crippen molar-refractivity contribution in [3.8, 4) is 0 Å². The molecule has 1 aromatic heterocycles. The minimum atomic E-state index is -3.32. The number of rotatable bonds is 4. The van der Waals surface area contributed by atoms with E-state index in [-0.39, 0.29) is 17.1 Å². The molecule has 112 valence electrons. The lowest BCUT2D eigenvalue weighted by atomic mass is 10.1. The highest BCUT2D eigenvalue weighted by atomic mass is 79.9. The molecule has 5 nitrogen and oxygen atoms in total. The van der Waals surface area contributed by atoms with Crippen molar-refractivity contribution < 1.29 is 13.2 Å². The number of carbonyl (C=O) groups is 1. The first-order chi connectivity index (χ1) is 9.70. The number of halogens is 1. The summed E-state index contributed by atoms with van der Waals surface area (Å²) in [5, 5.41) is 4.24. The lowest BCUT2D eigenvalue weighted by Gasteiger charge is -2.05. The Hall–Kier alpha value is -1.47. The number of carbonyl (C=O) groups excluding carboxylic acids is 1. The third-order valence-corrected chi connectivity index (χ3v) is 5.32. The predicted octanol–water partition coefficient (Wildman–Crippen LogP) is 2.32. The summed E-state index contributed by atoms with van der Waals surface area (Å²) in [6.45, 7) is 1.85. The Labute approximate surface area is 132 Å². The van der Waals surface area contributed by atoms with E-state index in [0.29, 0.717) is 5.56 Å². The largest absolute Gasteiger partial charge is 0.294 e. The zero-order valence-electron chi connectivity index (χ0n) is 11.9. The second kappa shape index (κ2) is 5.73. The van der Waals surface area contributed by atoms with Gasteiger partial charge in [0, 0.05) is 18.9 Å². The lowest BCUT2D eigenvalue weighted by Crippen LogP contribution is -2.09. The molecule has 1 aromatic carbocycles. The van der Waals surface area contributed by atoms with E-state index in [2.05, 4.69) is 21.0 Å². The highest BCUT2D eigenvalue weighted by Crippen LogP contribution is 2.22. The monoisotopic (exact) mass is 370 g/mol. The first-order valence-corrected chi connectivity index (χ1v) is 8.90. The Morgan fingerprint density at radius 1 is 1.38 bits per heavy atom. The van der Waals surface area contributed by atoms with Crippen LogP contribution in [0.25, 0.3) is 0 Å². The predicted molar refractivity (Wildman–Crippen MR) is 83.2 cm³/mol. The highest BCUT2D eigenvalue weighted by Gasteiger charge is 2.17. The Morgan fingerprint density at radius 2 is 2.05 bits per heavy atom. The van der Waals surface area contributed by atoms with Gasteiger partial charge >= 0.3 is 0 Å². The van der Waals surface area contributed by atoms with Gasteiger partial charge < -0.3 is 0 Å². The Kier molecular flexibility index (Phi) is 4.34. The molecule has 2 aromatic rings. The van der Waals surface area contributed by atoms with Crippen molar-refractivity contribution in [1.82, 2.24) is 9.78 Å². The summed E-state index contributed by atoms with van der Waals surface area (Å²) < 4.78 is 25.5. The average molecular weight is 371 g/mol. The van der Waals surface area contributed by atoms with Gasteiger partial charge in [-0.2, -0.15) is 5.10 Å². The molecule has 0 amide bonds. The molecule has 1 heterocycles. The Balaban J connectivity index is 2.33. The van der Waals surface area contributed by atoms with Crippen LogP contribution >= 0.6 is 15.9 Å². The normalized spacial score (nSPS) is 11.6. The van der Waals surface area contributed by atoms with Gasteiger partial charge in [0.2, 0.25) is 0 Å². The molecule has 0 aliphatic heterocycles. The number of benzene rings is 1. The summed E-state index contributed by atoms with van der Waals surface area (Å²) in [4.78, 5) is 12.5. The summed E-state index contributed by atoms with van der Waals surface area (Å²) in [6, 6.07) is 6.09. The molecule has 0 saturated heterocycles. The molecule has 0 unspecified atom stereocenters. The standard InChI is InChI=1S/C14H15BrN2O3S/c1-9-14(15)12(17(2)16-9)8-13(18)10-5-4-6-11(7-10)21(3,19)20/h4-7H,8H2,1-3H3. The number of ketones is 1. The van der Waals surface area contributed by atoms with Gasteiger partial charge in [-0.1, -0.05) is 12.1 Å². The second-order valence-corrected chi connectivity index (χ2v) is 7.68. The summed E-state index contributed by atoms with van der Waals surface area (Å²) >= 11 is 3.42. The maximum Gasteiger partial charge on any atom is 0.175 e. The molecule has 0 spiro atoms. The van der Waals surface area contributed by atoms with E-state index in [1.807, 2.05) is 6.92 Å². The van der Waals surface area contributed by atoms with Crippen molar-refractivity contribution in [3.05, 3.63) is 45.7 Å². The van der Waals surface area contributed by atoms with E-state index in [1.54, 1.807) is 23.9 Å². The smallest absolute Gasteiger partial charge is 0.175 e. The summed E-state index contributed by atoms with van der Waals surface area (Å²) in [5.74, 6) is -0.149. The summed E-state index contributed by atoms with van der Waals surface area (Å²) in [6.07, 6.45) is 1.28. The number of nitrogens with zero attached hydrogens (tertiary/aromatic N) is 2. The molecule has 0 saturated carbocycles. The molecule has 0 aliphatic carbocycles. The lowest BCUT2D eigenvalue weighted by molar-refractivity contribution is 0.0990. The van der Waals surface area contributed by atoms with Crippen molar-refractivity contribution in [2.24, 2.45) is 7.05 Å². The van der Waals surface area contributed by atoms with E-state index in [9.17, 15) is 13.2 Å². The number of aryl methyl sites for hydroxylation is 2. The molecule has 0 radical (unpaired) electrons. The molecule has 21 heavy (non-hydrogen) atoms. The van der Waals surface area contributed by atoms with Crippen molar-refractivity contribution in [1.29, 1.82) is 0 Å². The molecule has 2 rings (SSSR count). The zero-order valence-corrected chi connectivity index (χ0v) is 14.3. The number of sulfone groups is 1. The van der Waals surface area contributed by atoms with Gasteiger partial charge in [0.15, 0.2) is 15.6 Å². The highest BCUT2D eigenvalue weighted by molar-refractivity contribution is 9.10. The molecule has 0 fully saturated rings. The van der Waals surface area contributed by atoms with Crippen LogP contribution < -0.4 is 0 Å². The van der Waals surface area contributed by atoms with Crippen LogP contribution in [0.3, 0.4) is 0 Å². The molecule has 0 aliphatic rings. The van der Waals surface area contributed by atoms with Gasteiger partial charge in [0.1, 0.15) is 0 Å². The minimum absolute atomic E-state index is 0.147. The molecular formula is C14H15BrN2O3S. The number of aromatic nitrogens is 2. The number of hydrogen-bond acceptors (Lipinski definition) is 4. The zero-order chi connectivity index (χ0) is 15.8. The van der Waals surface area contributed by atoms with E-state index >= 15 is 0 Å². The summed E-state index contributed by atoms with van der Waals surface area (Å²) in [5.41, 5.74) is 1.95. The number of Topliss-reactive ketones (excluding diaryl/α,β-unsaturated/α-hetero) is 1. The van der Waals surface area contributed by atoms with E-state index in [0.717, 1.165) is 22.1 Å². The van der Waals surface area contributed by atoms with Crippen LogP contribution in [-0.4, -0.2) is 30.2 Å². The van der Waals surface area contributed by atoms with Gasteiger partial charge in [-0.15, -0.1) is 0 Å². The van der Waals surface area contributed by atoms with Crippen LogP contribution in [0.2, 0.25) is 0 Å². The van der Waals surface area contributed by atoms with E-state index in [1.165, 1.54) is 12.1 Å².